The quantitative estimate of drug-likeness (QED) is 0.346. The molecule has 0 bridgehead atoms. The van der Waals surface area contributed by atoms with Crippen molar-refractivity contribution in [3.05, 3.63) is 0 Å². The maximum atomic E-state index is 9.01. The molecule has 6 heteroatoms. The lowest BCUT2D eigenvalue weighted by atomic mass is 9.89. The van der Waals surface area contributed by atoms with Gasteiger partial charge in [0.05, 0.1) is 6.10 Å². The zero-order valence-corrected chi connectivity index (χ0v) is 16.0. The summed E-state index contributed by atoms with van der Waals surface area (Å²) in [5, 5.41) is 15.5. The Bertz CT molecular complexity index is 268. The van der Waals surface area contributed by atoms with Gasteiger partial charge >= 0.3 is 0 Å². The van der Waals surface area contributed by atoms with E-state index < -0.39 is 0 Å². The molecule has 0 amide bonds. The first-order valence-corrected chi connectivity index (χ1v) is 7.00. The zero-order valence-electron chi connectivity index (χ0n) is 13.7. The number of ether oxygens (including phenoxy) is 1. The van der Waals surface area contributed by atoms with E-state index in [2.05, 4.69) is 36.4 Å². The molecule has 0 aromatic heterocycles. The first kappa shape index (κ1) is 22.2. The standard InChI is InChI=1S/C14H31N3O2.HI/c1-7-15-13(16-8-11(2)10-18)17-9-12(19-6)14(3,4)5;/h11-12,18H,7-10H2,1-6H3,(H2,15,16,17);1H. The number of nitrogens with zero attached hydrogens (tertiary/aromatic N) is 1. The maximum absolute atomic E-state index is 9.01. The lowest BCUT2D eigenvalue weighted by Crippen LogP contribution is -2.45. The first-order chi connectivity index (χ1) is 8.85. The summed E-state index contributed by atoms with van der Waals surface area (Å²) in [6.07, 6.45) is 0.117. The van der Waals surface area contributed by atoms with Crippen LogP contribution in [-0.4, -0.2) is 50.5 Å². The minimum Gasteiger partial charge on any atom is -0.396 e. The lowest BCUT2D eigenvalue weighted by Gasteiger charge is -2.30. The van der Waals surface area contributed by atoms with E-state index in [0.29, 0.717) is 13.1 Å². The molecule has 0 spiro atoms. The fourth-order valence-corrected chi connectivity index (χ4v) is 1.58. The summed E-state index contributed by atoms with van der Waals surface area (Å²) in [6.45, 7) is 12.8. The molecule has 0 saturated heterocycles. The Morgan fingerprint density at radius 2 is 1.90 bits per heavy atom. The molecule has 122 valence electrons. The van der Waals surface area contributed by atoms with E-state index in [4.69, 9.17) is 9.84 Å². The van der Waals surface area contributed by atoms with Crippen LogP contribution in [0.5, 0.6) is 0 Å². The number of halogens is 1. The monoisotopic (exact) mass is 401 g/mol. The highest BCUT2D eigenvalue weighted by Crippen LogP contribution is 2.20. The number of aliphatic hydroxyl groups excluding tert-OH is 1. The first-order valence-electron chi connectivity index (χ1n) is 7.00. The summed E-state index contributed by atoms with van der Waals surface area (Å²) in [7, 11) is 1.73. The SMILES string of the molecule is CCNC(=NCC(C)CO)NCC(OC)C(C)(C)C.I. The number of aliphatic imine (C=N–C) groups is 1. The van der Waals surface area contributed by atoms with Crippen LogP contribution in [0.4, 0.5) is 0 Å². The summed E-state index contributed by atoms with van der Waals surface area (Å²) in [6, 6.07) is 0. The van der Waals surface area contributed by atoms with Gasteiger partial charge < -0.3 is 20.5 Å². The van der Waals surface area contributed by atoms with Gasteiger partial charge in [-0.25, -0.2) is 0 Å². The van der Waals surface area contributed by atoms with Crippen molar-refractivity contribution < 1.29 is 9.84 Å². The molecule has 3 N–H and O–H groups in total. The molecule has 0 rings (SSSR count). The van der Waals surface area contributed by atoms with Gasteiger partial charge in [0, 0.05) is 33.4 Å². The fourth-order valence-electron chi connectivity index (χ4n) is 1.58. The van der Waals surface area contributed by atoms with Crippen molar-refractivity contribution in [2.75, 3.05) is 33.4 Å². The highest BCUT2D eigenvalue weighted by Gasteiger charge is 2.24. The average molecular weight is 401 g/mol. The second-order valence-electron chi connectivity index (χ2n) is 5.98. The maximum Gasteiger partial charge on any atom is 0.191 e. The molecule has 0 aliphatic heterocycles. The Balaban J connectivity index is 0. The van der Waals surface area contributed by atoms with Gasteiger partial charge in [0.2, 0.25) is 0 Å². The van der Waals surface area contributed by atoms with Gasteiger partial charge in [0.15, 0.2) is 5.96 Å². The summed E-state index contributed by atoms with van der Waals surface area (Å²) < 4.78 is 5.50. The second kappa shape index (κ2) is 11.6. The second-order valence-corrected chi connectivity index (χ2v) is 5.98. The van der Waals surface area contributed by atoms with Crippen LogP contribution in [0.25, 0.3) is 0 Å². The van der Waals surface area contributed by atoms with Crippen LogP contribution in [0.3, 0.4) is 0 Å². The van der Waals surface area contributed by atoms with E-state index >= 15 is 0 Å². The van der Waals surface area contributed by atoms with Crippen molar-refractivity contribution in [3.8, 4) is 0 Å². The number of nitrogens with one attached hydrogen (secondary N) is 2. The Morgan fingerprint density at radius 1 is 1.30 bits per heavy atom. The van der Waals surface area contributed by atoms with Gasteiger partial charge in [-0.05, 0) is 18.3 Å². The van der Waals surface area contributed by atoms with Crippen molar-refractivity contribution in [1.29, 1.82) is 0 Å². The van der Waals surface area contributed by atoms with Crippen LogP contribution < -0.4 is 10.6 Å². The van der Waals surface area contributed by atoms with Crippen LogP contribution in [0, 0.1) is 11.3 Å². The van der Waals surface area contributed by atoms with Gasteiger partial charge in [-0.1, -0.05) is 27.7 Å². The van der Waals surface area contributed by atoms with Crippen molar-refractivity contribution in [2.24, 2.45) is 16.3 Å². The van der Waals surface area contributed by atoms with E-state index in [1.165, 1.54) is 0 Å². The molecule has 2 unspecified atom stereocenters. The zero-order chi connectivity index (χ0) is 14.9. The molecule has 20 heavy (non-hydrogen) atoms. The highest BCUT2D eigenvalue weighted by atomic mass is 127. The largest absolute Gasteiger partial charge is 0.396 e. The highest BCUT2D eigenvalue weighted by molar-refractivity contribution is 14.0. The third-order valence-electron chi connectivity index (χ3n) is 2.92. The molecule has 0 aliphatic rings. The molecule has 0 heterocycles. The van der Waals surface area contributed by atoms with Gasteiger partial charge in [0.25, 0.3) is 0 Å². The molecule has 0 saturated carbocycles. The van der Waals surface area contributed by atoms with E-state index in [0.717, 1.165) is 12.5 Å². The van der Waals surface area contributed by atoms with E-state index in [1.54, 1.807) is 7.11 Å². The average Bonchev–Trinajstić information content (AvgIpc) is 2.34. The van der Waals surface area contributed by atoms with Crippen molar-refractivity contribution >= 4 is 29.9 Å². The lowest BCUT2D eigenvalue weighted by molar-refractivity contribution is 0.0205. The minimum atomic E-state index is 0. The van der Waals surface area contributed by atoms with Gasteiger partial charge in [0.1, 0.15) is 0 Å². The molecule has 0 aromatic carbocycles. The molecule has 0 aliphatic carbocycles. The predicted octanol–water partition coefficient (Wildman–Crippen LogP) is 1.85. The molecule has 5 nitrogen and oxygen atoms in total. The van der Waals surface area contributed by atoms with Crippen molar-refractivity contribution in [2.45, 2.75) is 40.7 Å². The molecule has 0 fully saturated rings. The predicted molar refractivity (Wildman–Crippen MR) is 95.9 cm³/mol. The molecule has 0 radical (unpaired) electrons. The summed E-state index contributed by atoms with van der Waals surface area (Å²) >= 11 is 0. The van der Waals surface area contributed by atoms with E-state index in [9.17, 15) is 0 Å². The number of rotatable bonds is 7. The minimum absolute atomic E-state index is 0. The molecule has 0 aromatic rings. The smallest absolute Gasteiger partial charge is 0.191 e. The van der Waals surface area contributed by atoms with Crippen molar-refractivity contribution in [1.82, 2.24) is 10.6 Å². The number of methoxy groups -OCH3 is 1. The molecular formula is C14H32IN3O2. The van der Waals surface area contributed by atoms with Crippen LogP contribution in [-0.2, 0) is 4.74 Å². The number of aliphatic hydroxyl groups is 1. The van der Waals surface area contributed by atoms with E-state index in [-0.39, 0.29) is 48.0 Å². The Hall–Kier alpha value is -0.0800. The van der Waals surface area contributed by atoms with Gasteiger partial charge in [-0.2, -0.15) is 0 Å². The Kier molecular flexibility index (Phi) is 12.8. The number of hydrogen-bond acceptors (Lipinski definition) is 3. The summed E-state index contributed by atoms with van der Waals surface area (Å²) in [4.78, 5) is 4.45. The normalized spacial score (nSPS) is 15.2. The molecular weight excluding hydrogens is 369 g/mol. The Morgan fingerprint density at radius 3 is 2.30 bits per heavy atom. The molecule has 2 atom stereocenters. The van der Waals surface area contributed by atoms with Gasteiger partial charge in [-0.15, -0.1) is 24.0 Å². The Labute approximate surface area is 141 Å². The summed E-state index contributed by atoms with van der Waals surface area (Å²) in [5.41, 5.74) is 0.0808. The van der Waals surface area contributed by atoms with Crippen LogP contribution in [0.15, 0.2) is 4.99 Å². The van der Waals surface area contributed by atoms with Crippen LogP contribution in [0.1, 0.15) is 34.6 Å². The number of guanidine groups is 1. The fraction of sp³-hybridized carbons (Fsp3) is 0.929. The topological polar surface area (TPSA) is 65.9 Å². The van der Waals surface area contributed by atoms with E-state index in [1.807, 2.05) is 13.8 Å². The number of hydrogen-bond donors (Lipinski definition) is 3. The third kappa shape index (κ3) is 9.77. The van der Waals surface area contributed by atoms with Gasteiger partial charge in [-0.3, -0.25) is 4.99 Å². The van der Waals surface area contributed by atoms with Crippen LogP contribution in [0.2, 0.25) is 0 Å². The summed E-state index contributed by atoms with van der Waals surface area (Å²) in [5.74, 6) is 0.949. The van der Waals surface area contributed by atoms with Crippen molar-refractivity contribution in [3.63, 3.8) is 0 Å². The third-order valence-corrected chi connectivity index (χ3v) is 2.92. The van der Waals surface area contributed by atoms with Crippen LogP contribution >= 0.6 is 24.0 Å².